The number of hydrogen-bond donors (Lipinski definition) is 1. The number of hydrogen-bond acceptors (Lipinski definition) is 2. The highest BCUT2D eigenvalue weighted by Gasteiger charge is 1.97. The van der Waals surface area contributed by atoms with Crippen LogP contribution in [0.1, 0.15) is 19.4 Å². The van der Waals surface area contributed by atoms with Crippen molar-refractivity contribution in [2.24, 2.45) is 5.92 Å². The van der Waals surface area contributed by atoms with Crippen molar-refractivity contribution in [3.05, 3.63) is 29.8 Å². The van der Waals surface area contributed by atoms with E-state index in [0.717, 1.165) is 11.3 Å². The van der Waals surface area contributed by atoms with Gasteiger partial charge in [-0.3, -0.25) is 0 Å². The molecule has 1 aromatic carbocycles. The molecule has 1 rings (SSSR count). The van der Waals surface area contributed by atoms with Crippen LogP contribution >= 0.6 is 0 Å². The Morgan fingerprint density at radius 3 is 2.43 bits per heavy atom. The summed E-state index contributed by atoms with van der Waals surface area (Å²) in [6.07, 6.45) is 0. The predicted molar refractivity (Wildman–Crippen MR) is 54.7 cm³/mol. The Labute approximate surface area is 84.0 Å². The van der Waals surface area contributed by atoms with Crippen molar-refractivity contribution < 1.29 is 9.22 Å². The summed E-state index contributed by atoms with van der Waals surface area (Å²) in [6, 6.07) is 7.41. The Kier molecular flexibility index (Phi) is 4.40. The Balaban J connectivity index is 2.46. The molecule has 0 radical (unpaired) electrons. The predicted octanol–water partition coefficient (Wildman–Crippen LogP) is 2.70. The van der Waals surface area contributed by atoms with Crippen molar-refractivity contribution in [1.29, 1.82) is 0 Å². The van der Waals surface area contributed by atoms with Gasteiger partial charge in [-0.15, -0.1) is 4.48 Å². The fraction of sp³-hybridized carbons (Fsp3) is 0.455. The number of ether oxygens (including phenoxy) is 1. The largest absolute Gasteiger partial charge is 0.493 e. The molecule has 0 unspecified atom stereocenters. The van der Waals surface area contributed by atoms with Gasteiger partial charge in [-0.2, -0.15) is 5.54 Å². The first-order valence-corrected chi connectivity index (χ1v) is 4.77. The quantitative estimate of drug-likeness (QED) is 0.733. The molecular weight excluding hydrogens is 181 g/mol. The topological polar surface area (TPSA) is 21.3 Å². The number of rotatable bonds is 5. The van der Waals surface area contributed by atoms with Crippen molar-refractivity contribution >= 4 is 0 Å². The van der Waals surface area contributed by atoms with Crippen LogP contribution in [0.4, 0.5) is 4.48 Å². The first kappa shape index (κ1) is 11.0. The van der Waals surface area contributed by atoms with E-state index in [1.54, 1.807) is 5.54 Å². The normalized spacial score (nSPS) is 10.6. The number of halogens is 1. The van der Waals surface area contributed by atoms with Gasteiger partial charge in [0.1, 0.15) is 5.75 Å². The summed E-state index contributed by atoms with van der Waals surface area (Å²) in [4.78, 5) is 0. The fourth-order valence-corrected chi connectivity index (χ4v) is 1.04. The molecule has 0 saturated heterocycles. The van der Waals surface area contributed by atoms with E-state index in [1.165, 1.54) is 0 Å². The Morgan fingerprint density at radius 1 is 1.29 bits per heavy atom. The molecule has 3 heteroatoms. The van der Waals surface area contributed by atoms with Gasteiger partial charge in [-0.1, -0.05) is 26.0 Å². The molecule has 0 aliphatic heterocycles. The molecule has 78 valence electrons. The third-order valence-electron chi connectivity index (χ3n) is 1.78. The zero-order chi connectivity index (χ0) is 10.4. The molecule has 0 aliphatic carbocycles. The van der Waals surface area contributed by atoms with Gasteiger partial charge in [-0.25, -0.2) is 0 Å². The van der Waals surface area contributed by atoms with Gasteiger partial charge >= 0.3 is 0 Å². The monoisotopic (exact) mass is 197 g/mol. The van der Waals surface area contributed by atoms with Crippen molar-refractivity contribution in [3.63, 3.8) is 0 Å². The van der Waals surface area contributed by atoms with Gasteiger partial charge in [0.05, 0.1) is 13.2 Å². The van der Waals surface area contributed by atoms with Gasteiger partial charge in [0.2, 0.25) is 0 Å². The van der Waals surface area contributed by atoms with E-state index >= 15 is 0 Å². The minimum absolute atomic E-state index is 0.241. The summed E-state index contributed by atoms with van der Waals surface area (Å²) < 4.78 is 17.2. The molecule has 0 saturated carbocycles. The third kappa shape index (κ3) is 3.75. The average molecular weight is 197 g/mol. The van der Waals surface area contributed by atoms with E-state index in [-0.39, 0.29) is 6.54 Å². The highest BCUT2D eigenvalue weighted by molar-refractivity contribution is 5.27. The van der Waals surface area contributed by atoms with E-state index in [9.17, 15) is 4.48 Å². The molecule has 0 spiro atoms. The third-order valence-corrected chi connectivity index (χ3v) is 1.78. The second kappa shape index (κ2) is 5.60. The molecule has 2 nitrogen and oxygen atoms in total. The molecule has 0 amide bonds. The van der Waals surface area contributed by atoms with Crippen LogP contribution in [0.5, 0.6) is 5.75 Å². The van der Waals surface area contributed by atoms with Crippen LogP contribution in [-0.4, -0.2) is 6.61 Å². The first-order chi connectivity index (χ1) is 6.72. The maximum Gasteiger partial charge on any atom is 0.119 e. The lowest BCUT2D eigenvalue weighted by molar-refractivity contribution is 0.271. The average Bonchev–Trinajstić information content (AvgIpc) is 2.17. The summed E-state index contributed by atoms with van der Waals surface area (Å²) in [6.45, 7) is 5.15. The van der Waals surface area contributed by atoms with Crippen LogP contribution in [0.2, 0.25) is 0 Å². The van der Waals surface area contributed by atoms with E-state index in [1.807, 2.05) is 24.3 Å². The lowest BCUT2D eigenvalue weighted by atomic mass is 10.2. The smallest absolute Gasteiger partial charge is 0.119 e. The van der Waals surface area contributed by atoms with Crippen LogP contribution in [0.25, 0.3) is 0 Å². The molecule has 0 aliphatic rings. The summed E-state index contributed by atoms with van der Waals surface area (Å²) in [5.41, 5.74) is 2.52. The minimum Gasteiger partial charge on any atom is -0.493 e. The lowest BCUT2D eigenvalue weighted by Crippen LogP contribution is -2.04. The van der Waals surface area contributed by atoms with E-state index < -0.39 is 0 Å². The van der Waals surface area contributed by atoms with Gasteiger partial charge in [0.15, 0.2) is 0 Å². The maximum atomic E-state index is 11.8. The second-order valence-electron chi connectivity index (χ2n) is 3.66. The molecule has 1 N–H and O–H groups in total. The minimum atomic E-state index is 0.241. The van der Waals surface area contributed by atoms with Crippen LogP contribution in [0.15, 0.2) is 24.3 Å². The summed E-state index contributed by atoms with van der Waals surface area (Å²) >= 11 is 0. The Hall–Kier alpha value is -1.09. The summed E-state index contributed by atoms with van der Waals surface area (Å²) in [5, 5.41) is 0. The zero-order valence-corrected chi connectivity index (χ0v) is 8.59. The van der Waals surface area contributed by atoms with Crippen molar-refractivity contribution in [3.8, 4) is 5.75 Å². The molecule has 0 heterocycles. The number of nitrogens with one attached hydrogen (secondary N) is 1. The van der Waals surface area contributed by atoms with Gasteiger partial charge in [0.25, 0.3) is 0 Å². The van der Waals surface area contributed by atoms with Crippen LogP contribution in [0, 0.1) is 5.92 Å². The van der Waals surface area contributed by atoms with Gasteiger partial charge in [0, 0.05) is 0 Å². The highest BCUT2D eigenvalue weighted by Crippen LogP contribution is 2.13. The first-order valence-electron chi connectivity index (χ1n) is 4.77. The molecular formula is C11H16FNO. The van der Waals surface area contributed by atoms with Crippen LogP contribution in [0.3, 0.4) is 0 Å². The van der Waals surface area contributed by atoms with E-state index in [2.05, 4.69) is 13.8 Å². The van der Waals surface area contributed by atoms with Gasteiger partial charge in [-0.05, 0) is 23.6 Å². The summed E-state index contributed by atoms with van der Waals surface area (Å²) in [7, 11) is 0. The van der Waals surface area contributed by atoms with Gasteiger partial charge < -0.3 is 4.74 Å². The standard InChI is InChI=1S/C11H16FNO/c1-9(2)8-14-11-5-3-10(4-6-11)7-13-12/h3-6,9,13H,7-8H2,1-2H3. The highest BCUT2D eigenvalue weighted by atomic mass is 19.2. The van der Waals surface area contributed by atoms with E-state index in [0.29, 0.717) is 12.5 Å². The zero-order valence-electron chi connectivity index (χ0n) is 8.59. The molecule has 14 heavy (non-hydrogen) atoms. The maximum absolute atomic E-state index is 11.8. The van der Waals surface area contributed by atoms with Crippen LogP contribution < -0.4 is 10.3 Å². The Morgan fingerprint density at radius 2 is 1.93 bits per heavy atom. The van der Waals surface area contributed by atoms with Crippen molar-refractivity contribution in [1.82, 2.24) is 5.54 Å². The summed E-state index contributed by atoms with van der Waals surface area (Å²) in [5.74, 6) is 1.35. The fourth-order valence-electron chi connectivity index (χ4n) is 1.04. The SMILES string of the molecule is CC(C)COc1ccc(CNF)cc1. The van der Waals surface area contributed by atoms with Crippen LogP contribution in [-0.2, 0) is 6.54 Å². The lowest BCUT2D eigenvalue weighted by Gasteiger charge is -2.08. The Bertz CT molecular complexity index is 258. The molecule has 0 bridgehead atoms. The number of benzene rings is 1. The van der Waals surface area contributed by atoms with Crippen molar-refractivity contribution in [2.75, 3.05) is 6.61 Å². The molecule has 0 fully saturated rings. The van der Waals surface area contributed by atoms with E-state index in [4.69, 9.17) is 4.74 Å². The van der Waals surface area contributed by atoms with Crippen molar-refractivity contribution in [2.45, 2.75) is 20.4 Å². The second-order valence-corrected chi connectivity index (χ2v) is 3.66. The molecule has 0 atom stereocenters. The molecule has 1 aromatic rings. The molecule has 0 aromatic heterocycles.